The quantitative estimate of drug-likeness (QED) is 0.611. The van der Waals surface area contributed by atoms with E-state index in [1.807, 2.05) is 11.8 Å². The fourth-order valence-electron chi connectivity index (χ4n) is 2.06. The Hall–Kier alpha value is -0.920. The lowest BCUT2D eigenvalue weighted by Gasteiger charge is -2.12. The van der Waals surface area contributed by atoms with E-state index in [2.05, 4.69) is 48.5 Å². The summed E-state index contributed by atoms with van der Waals surface area (Å²) in [6.45, 7) is 0. The van der Waals surface area contributed by atoms with Crippen LogP contribution in [0.2, 0.25) is 0 Å². The van der Waals surface area contributed by atoms with Gasteiger partial charge < -0.3 is 0 Å². The highest BCUT2D eigenvalue weighted by Crippen LogP contribution is 2.42. The molecule has 16 heavy (non-hydrogen) atoms. The molecule has 0 aromatic heterocycles. The highest BCUT2D eigenvalue weighted by atomic mass is 35.5. The molecule has 1 aliphatic heterocycles. The van der Waals surface area contributed by atoms with E-state index in [4.69, 9.17) is 11.6 Å². The van der Waals surface area contributed by atoms with Crippen molar-refractivity contribution in [1.82, 2.24) is 0 Å². The zero-order valence-corrected chi connectivity index (χ0v) is 10.3. The average molecular weight is 247 g/mol. The van der Waals surface area contributed by atoms with Gasteiger partial charge in [0.15, 0.2) is 0 Å². The molecule has 0 radical (unpaired) electrons. The number of hydrogen-bond donors (Lipinski definition) is 0. The largest absolute Gasteiger partial charge is 0.121 e. The molecular weight excluding hydrogens is 236 g/mol. The van der Waals surface area contributed by atoms with Gasteiger partial charge in [0.05, 0.1) is 5.38 Å². The van der Waals surface area contributed by atoms with E-state index < -0.39 is 0 Å². The van der Waals surface area contributed by atoms with Crippen LogP contribution in [0.4, 0.5) is 0 Å². The van der Waals surface area contributed by atoms with Crippen molar-refractivity contribution in [2.75, 3.05) is 0 Å². The van der Waals surface area contributed by atoms with Crippen LogP contribution in [0, 0.1) is 0 Å². The molecule has 3 rings (SSSR count). The molecule has 0 aliphatic carbocycles. The minimum atomic E-state index is -0.0117. The van der Waals surface area contributed by atoms with Crippen molar-refractivity contribution in [2.24, 2.45) is 0 Å². The van der Waals surface area contributed by atoms with Gasteiger partial charge in [-0.15, -0.1) is 23.4 Å². The Morgan fingerprint density at radius 1 is 0.938 bits per heavy atom. The number of fused-ring (bicyclic) bond motifs is 2. The Balaban J connectivity index is 2.18. The molecule has 0 spiro atoms. The van der Waals surface area contributed by atoms with Gasteiger partial charge in [0, 0.05) is 10.6 Å². The topological polar surface area (TPSA) is 0 Å². The summed E-state index contributed by atoms with van der Waals surface area (Å²) < 4.78 is 0. The molecule has 2 heteroatoms. The number of halogens is 1. The van der Waals surface area contributed by atoms with E-state index in [0.717, 1.165) is 5.75 Å². The molecule has 0 nitrogen and oxygen atoms in total. The van der Waals surface area contributed by atoms with Crippen molar-refractivity contribution in [3.8, 4) is 0 Å². The Kier molecular flexibility index (Phi) is 2.66. The number of benzene rings is 2. The van der Waals surface area contributed by atoms with Gasteiger partial charge in [-0.2, -0.15) is 0 Å². The first-order valence-electron chi connectivity index (χ1n) is 5.30. The maximum atomic E-state index is 6.57. The first kappa shape index (κ1) is 10.2. The fourth-order valence-corrected chi connectivity index (χ4v) is 3.63. The van der Waals surface area contributed by atoms with Crippen molar-refractivity contribution >= 4 is 23.4 Å². The Morgan fingerprint density at radius 3 is 2.50 bits per heavy atom. The number of rotatable bonds is 0. The maximum absolute atomic E-state index is 6.57. The smallest absolute Gasteiger partial charge is 0.0849 e. The van der Waals surface area contributed by atoms with Crippen LogP contribution in [-0.2, 0) is 5.75 Å². The molecule has 0 amide bonds. The van der Waals surface area contributed by atoms with Gasteiger partial charge in [-0.05, 0) is 22.8 Å². The van der Waals surface area contributed by atoms with Crippen molar-refractivity contribution in [1.29, 1.82) is 0 Å². The lowest BCUT2D eigenvalue weighted by molar-refractivity contribution is 1.08. The Morgan fingerprint density at radius 2 is 1.62 bits per heavy atom. The minimum Gasteiger partial charge on any atom is -0.121 e. The van der Waals surface area contributed by atoms with Gasteiger partial charge in [0.25, 0.3) is 0 Å². The molecule has 1 unspecified atom stereocenters. The van der Waals surface area contributed by atoms with Crippen LogP contribution in [0.5, 0.6) is 0 Å². The van der Waals surface area contributed by atoms with Crippen LogP contribution in [0.25, 0.3) is 0 Å². The monoisotopic (exact) mass is 246 g/mol. The summed E-state index contributed by atoms with van der Waals surface area (Å²) in [4.78, 5) is 1.30. The molecule has 1 aliphatic rings. The van der Waals surface area contributed by atoms with Gasteiger partial charge in [-0.25, -0.2) is 0 Å². The summed E-state index contributed by atoms with van der Waals surface area (Å²) in [6.07, 6.45) is 0. The summed E-state index contributed by atoms with van der Waals surface area (Å²) in [5.41, 5.74) is 3.84. The minimum absolute atomic E-state index is 0.0117. The van der Waals surface area contributed by atoms with Crippen LogP contribution in [0.15, 0.2) is 53.4 Å². The molecule has 2 aromatic rings. The van der Waals surface area contributed by atoms with Gasteiger partial charge in [-0.1, -0.05) is 42.5 Å². The third-order valence-corrected chi connectivity index (χ3v) is 4.51. The second kappa shape index (κ2) is 4.15. The molecule has 0 saturated carbocycles. The van der Waals surface area contributed by atoms with E-state index in [1.54, 1.807) is 0 Å². The molecule has 0 fully saturated rings. The SMILES string of the molecule is ClC1c2ccccc2CSc2ccccc21. The Labute approximate surface area is 105 Å². The highest BCUT2D eigenvalue weighted by Gasteiger charge is 2.20. The summed E-state index contributed by atoms with van der Waals surface area (Å²) >= 11 is 8.44. The molecule has 1 heterocycles. The predicted molar refractivity (Wildman–Crippen MR) is 70.1 cm³/mol. The fraction of sp³-hybridized carbons (Fsp3) is 0.143. The van der Waals surface area contributed by atoms with Crippen molar-refractivity contribution in [3.63, 3.8) is 0 Å². The van der Waals surface area contributed by atoms with Crippen molar-refractivity contribution < 1.29 is 0 Å². The Bertz CT molecular complexity index is 474. The third-order valence-electron chi connectivity index (χ3n) is 2.90. The van der Waals surface area contributed by atoms with E-state index in [9.17, 15) is 0 Å². The first-order chi connectivity index (χ1) is 7.86. The molecule has 80 valence electrons. The van der Waals surface area contributed by atoms with E-state index in [0.29, 0.717) is 0 Å². The second-order valence-electron chi connectivity index (χ2n) is 3.89. The van der Waals surface area contributed by atoms with Crippen LogP contribution >= 0.6 is 23.4 Å². The first-order valence-corrected chi connectivity index (χ1v) is 6.72. The number of alkyl halides is 1. The van der Waals surface area contributed by atoms with Gasteiger partial charge in [0.1, 0.15) is 0 Å². The summed E-state index contributed by atoms with van der Waals surface area (Å²) in [6, 6.07) is 16.9. The predicted octanol–water partition coefficient (Wildman–Crippen LogP) is 4.62. The van der Waals surface area contributed by atoms with Crippen LogP contribution in [0.1, 0.15) is 22.1 Å². The molecule has 2 aromatic carbocycles. The number of hydrogen-bond acceptors (Lipinski definition) is 1. The zero-order valence-electron chi connectivity index (χ0n) is 8.69. The maximum Gasteiger partial charge on any atom is 0.0849 e. The normalized spacial score (nSPS) is 18.4. The summed E-state index contributed by atoms with van der Waals surface area (Å²) in [5.74, 6) is 1.01. The van der Waals surface area contributed by atoms with E-state index in [1.165, 1.54) is 21.6 Å². The molecular formula is C14H11ClS. The average Bonchev–Trinajstić information content (AvgIpc) is 2.49. The second-order valence-corrected chi connectivity index (χ2v) is 5.34. The highest BCUT2D eigenvalue weighted by molar-refractivity contribution is 7.98. The lowest BCUT2D eigenvalue weighted by atomic mass is 10.0. The standard InChI is InChI=1S/C14H11ClS/c15-14-11-6-2-1-5-10(11)9-16-13-8-4-3-7-12(13)14/h1-8,14H,9H2. The van der Waals surface area contributed by atoms with Crippen LogP contribution < -0.4 is 0 Å². The van der Waals surface area contributed by atoms with Gasteiger partial charge in [-0.3, -0.25) is 0 Å². The molecule has 1 atom stereocenters. The zero-order chi connectivity index (χ0) is 11.0. The van der Waals surface area contributed by atoms with Gasteiger partial charge in [0.2, 0.25) is 0 Å². The summed E-state index contributed by atoms with van der Waals surface area (Å²) in [5, 5.41) is -0.0117. The van der Waals surface area contributed by atoms with Crippen molar-refractivity contribution in [3.05, 3.63) is 65.2 Å². The lowest BCUT2D eigenvalue weighted by Crippen LogP contribution is -1.95. The number of thioether (sulfide) groups is 1. The van der Waals surface area contributed by atoms with Crippen molar-refractivity contribution in [2.45, 2.75) is 16.0 Å². The molecule has 0 bridgehead atoms. The van der Waals surface area contributed by atoms with Gasteiger partial charge >= 0.3 is 0 Å². The third kappa shape index (κ3) is 1.64. The van der Waals surface area contributed by atoms with Crippen LogP contribution in [0.3, 0.4) is 0 Å². The van der Waals surface area contributed by atoms with Crippen LogP contribution in [-0.4, -0.2) is 0 Å². The summed E-state index contributed by atoms with van der Waals surface area (Å²) in [7, 11) is 0. The van der Waals surface area contributed by atoms with E-state index >= 15 is 0 Å². The molecule has 0 N–H and O–H groups in total. The molecule has 0 saturated heterocycles. The van der Waals surface area contributed by atoms with E-state index in [-0.39, 0.29) is 5.38 Å².